The van der Waals surface area contributed by atoms with Crippen LogP contribution in [0.25, 0.3) is 0 Å². The van der Waals surface area contributed by atoms with E-state index in [1.54, 1.807) is 0 Å². The molecule has 0 aromatic carbocycles. The van der Waals surface area contributed by atoms with Crippen LogP contribution in [0, 0.1) is 0 Å². The van der Waals surface area contributed by atoms with Crippen molar-refractivity contribution in [3.63, 3.8) is 0 Å². The van der Waals surface area contributed by atoms with E-state index in [4.69, 9.17) is 0 Å². The van der Waals surface area contributed by atoms with Crippen molar-refractivity contribution in [2.75, 3.05) is 0 Å². The molecular weight excluding hydrogens is 299 g/mol. The molecule has 2 nitrogen and oxygen atoms in total. The molecule has 0 aromatic heterocycles. The topological polar surface area (TPSA) is 63.0 Å². The van der Waals surface area contributed by atoms with Gasteiger partial charge < -0.3 is 42.3 Å². The van der Waals surface area contributed by atoms with Crippen molar-refractivity contribution >= 4 is 254 Å². The van der Waals surface area contributed by atoms with Crippen molar-refractivity contribution < 1.29 is 42.3 Å². The minimum Gasteiger partial charge on any atom is -1.00 e. The van der Waals surface area contributed by atoms with Crippen LogP contribution >= 0.6 is 0 Å². The zero-order valence-electron chi connectivity index (χ0n) is 30.8. The molecule has 0 amide bonds. The quantitative estimate of drug-likeness (QED) is 0.418. The van der Waals surface area contributed by atoms with E-state index in [0.29, 0.717) is 0 Å². The second-order valence-electron chi connectivity index (χ2n) is 0. The molecule has 0 fully saturated rings. The van der Waals surface area contributed by atoms with Crippen LogP contribution in [0.4, 0.5) is 0 Å². The van der Waals surface area contributed by atoms with E-state index >= 15 is 0 Å². The van der Waals surface area contributed by atoms with E-state index in [0.717, 1.165) is 0 Å². The summed E-state index contributed by atoms with van der Waals surface area (Å²) in [7, 11) is 0. The molecule has 0 spiro atoms. The third-order valence-electron chi connectivity index (χ3n) is 0. The molecule has 13 heavy (non-hydrogen) atoms. The predicted molar refractivity (Wildman–Crippen MR) is 95.0 cm³/mol. The monoisotopic (exact) mass is 322 g/mol. The SMILES string of the molecule is O.O.[H-].[H-].[H-].[H-].[H-].[H-].[H-].[H-].[H-].[H-].[H-].[H-].[H-].[H-].[H-].[H-].[H-].[H-].[H-].[H-].[H-].[H-].[Mg+2].[Mg+2].[Mg+2].[Mg+2].[Mg+2].[Mg+2].[Mg+2].[Mg+2].[Mg+2].[Mg+2].[Mg+2]. The molecule has 0 unspecified atom stereocenters. The summed E-state index contributed by atoms with van der Waals surface area (Å²) in [6, 6.07) is 0. The third kappa shape index (κ3) is 98.3. The van der Waals surface area contributed by atoms with Gasteiger partial charge in [-0.25, -0.2) is 0 Å². The van der Waals surface area contributed by atoms with Gasteiger partial charge in [-0.2, -0.15) is 0 Å². The maximum absolute atomic E-state index is 0. The summed E-state index contributed by atoms with van der Waals surface area (Å²) in [6.45, 7) is 0. The van der Waals surface area contributed by atoms with E-state index in [-0.39, 0.29) is 296 Å². The summed E-state index contributed by atoms with van der Waals surface area (Å²) in [5.74, 6) is 0. The molecule has 0 aliphatic carbocycles. The Morgan fingerprint density at radius 1 is 0.231 bits per heavy atom. The number of rotatable bonds is 0. The first kappa shape index (κ1) is 127. The number of hydrogen-bond acceptors (Lipinski definition) is 0. The largest absolute Gasteiger partial charge is 2.00 e. The molecule has 0 aliphatic rings. The van der Waals surface area contributed by atoms with E-state index in [2.05, 4.69) is 0 Å². The molecule has 13 heteroatoms. The van der Waals surface area contributed by atoms with Crippen LogP contribution < -0.4 is 0 Å². The summed E-state index contributed by atoms with van der Waals surface area (Å²) >= 11 is 0. The van der Waals surface area contributed by atoms with Crippen LogP contribution in [0.1, 0.15) is 31.4 Å². The average molecular weight is 326 g/mol. The van der Waals surface area contributed by atoms with Crippen LogP contribution in [-0.4, -0.2) is 265 Å². The van der Waals surface area contributed by atoms with Crippen LogP contribution in [0.2, 0.25) is 0 Å². The molecule has 0 saturated carbocycles. The molecule has 0 aromatic rings. The van der Waals surface area contributed by atoms with Gasteiger partial charge in [0.2, 0.25) is 0 Å². The molecule has 0 saturated heterocycles. The van der Waals surface area contributed by atoms with Crippen molar-refractivity contribution in [2.24, 2.45) is 0 Å². The zero-order chi connectivity index (χ0) is 0. The van der Waals surface area contributed by atoms with Crippen molar-refractivity contribution in [1.82, 2.24) is 0 Å². The maximum atomic E-state index is 0. The molecule has 60 valence electrons. The summed E-state index contributed by atoms with van der Waals surface area (Å²) in [6.07, 6.45) is 0. The van der Waals surface area contributed by atoms with Gasteiger partial charge in [0.15, 0.2) is 0 Å². The normalized spacial score (nSPS) is 0. The van der Waals surface area contributed by atoms with Crippen LogP contribution in [0.3, 0.4) is 0 Å². The Morgan fingerprint density at radius 3 is 0.231 bits per heavy atom. The van der Waals surface area contributed by atoms with Crippen molar-refractivity contribution in [1.29, 1.82) is 0 Å². The molecule has 0 rings (SSSR count). The molecule has 4 N–H and O–H groups in total. The van der Waals surface area contributed by atoms with Gasteiger partial charge in [-0.3, -0.25) is 0 Å². The van der Waals surface area contributed by atoms with E-state index in [1.165, 1.54) is 0 Å². The summed E-state index contributed by atoms with van der Waals surface area (Å²) in [5.41, 5.74) is 0. The van der Waals surface area contributed by atoms with Gasteiger partial charge in [-0.05, 0) is 0 Å². The first-order valence-corrected chi connectivity index (χ1v) is 0. The fourth-order valence-corrected chi connectivity index (χ4v) is 0. The van der Waals surface area contributed by atoms with Gasteiger partial charge in [-0.15, -0.1) is 0 Å². The second kappa shape index (κ2) is 109. The minimum absolute atomic E-state index is 0. The van der Waals surface area contributed by atoms with Crippen LogP contribution in [-0.2, 0) is 0 Å². The van der Waals surface area contributed by atoms with Gasteiger partial charge in [0.1, 0.15) is 0 Å². The predicted octanol–water partition coefficient (Wildman–Crippen LogP) is -3.36. The van der Waals surface area contributed by atoms with E-state index in [1.807, 2.05) is 0 Å². The Balaban J connectivity index is 0. The van der Waals surface area contributed by atoms with Gasteiger partial charge in [-0.1, -0.05) is 0 Å². The first-order chi connectivity index (χ1) is 0. The summed E-state index contributed by atoms with van der Waals surface area (Å²) in [4.78, 5) is 0. The second-order valence-corrected chi connectivity index (χ2v) is 0. The van der Waals surface area contributed by atoms with Crippen molar-refractivity contribution in [3.8, 4) is 0 Å². The fraction of sp³-hybridized carbons (Fsp3) is 0. The fourth-order valence-electron chi connectivity index (χ4n) is 0. The molecule has 0 heterocycles. The van der Waals surface area contributed by atoms with Crippen molar-refractivity contribution in [3.05, 3.63) is 0 Å². The van der Waals surface area contributed by atoms with Gasteiger partial charge in [0.25, 0.3) is 0 Å². The molecule has 0 radical (unpaired) electrons. The number of hydrogen-bond donors (Lipinski definition) is 0. The van der Waals surface area contributed by atoms with Gasteiger partial charge in [0, 0.05) is 0 Å². The maximum Gasteiger partial charge on any atom is 2.00 e. The summed E-state index contributed by atoms with van der Waals surface area (Å²) < 4.78 is 0. The minimum atomic E-state index is 0. The third-order valence-corrected chi connectivity index (χ3v) is 0. The molecule has 0 atom stereocenters. The molecule has 0 aliphatic heterocycles. The van der Waals surface area contributed by atoms with Gasteiger partial charge >= 0.3 is 254 Å². The Bertz CT molecular complexity index is 41.4. The average Bonchev–Trinajstić information content (AvgIpc) is 0. The molecule has 0 bridgehead atoms. The van der Waals surface area contributed by atoms with E-state index < -0.39 is 0 Å². The Hall–Kier alpha value is 8.35. The van der Waals surface area contributed by atoms with Crippen LogP contribution in [0.15, 0.2) is 0 Å². The summed E-state index contributed by atoms with van der Waals surface area (Å²) in [5, 5.41) is 0. The molecular formula is H26Mg11O2. The Morgan fingerprint density at radius 2 is 0.231 bits per heavy atom. The van der Waals surface area contributed by atoms with Crippen LogP contribution in [0.5, 0.6) is 0 Å². The van der Waals surface area contributed by atoms with E-state index in [9.17, 15) is 0 Å². The van der Waals surface area contributed by atoms with Crippen molar-refractivity contribution in [2.45, 2.75) is 0 Å². The smallest absolute Gasteiger partial charge is 1.00 e. The standard InChI is InChI=1S/11Mg.2H2O.22H/h;;;;;;;;;;;2*1H2;;;;;;;;;;;;;;;;;;;;;;/q11*+2;;;22*-1. The first-order valence-electron chi connectivity index (χ1n) is 0. The zero-order valence-corrected chi connectivity index (χ0v) is 24.3. The Kier molecular flexibility index (Phi) is 1070. The Labute approximate surface area is 290 Å². The van der Waals surface area contributed by atoms with Gasteiger partial charge in [0.05, 0.1) is 0 Å².